The minimum absolute atomic E-state index is 0.461. The maximum atomic E-state index is 3.92. The lowest BCUT2D eigenvalue weighted by molar-refractivity contribution is 0.303. The normalized spacial score (nSPS) is 31.6. The Balaban J connectivity index is 1.65. The van der Waals surface area contributed by atoms with E-state index < -0.39 is 0 Å². The van der Waals surface area contributed by atoms with Crippen LogP contribution < -0.4 is 10.6 Å². The van der Waals surface area contributed by atoms with Crippen LogP contribution in [0.5, 0.6) is 0 Å². The Morgan fingerprint density at radius 1 is 1.15 bits per heavy atom. The molecular formula is C18H28N2. The molecule has 1 saturated heterocycles. The van der Waals surface area contributed by atoms with Gasteiger partial charge in [0.2, 0.25) is 0 Å². The zero-order chi connectivity index (χ0) is 13.9. The zero-order valence-electron chi connectivity index (χ0n) is 12.9. The van der Waals surface area contributed by atoms with Crippen molar-refractivity contribution in [1.29, 1.82) is 0 Å². The Morgan fingerprint density at radius 3 is 2.75 bits per heavy atom. The molecule has 0 amide bonds. The van der Waals surface area contributed by atoms with Crippen LogP contribution in [0, 0.1) is 12.8 Å². The molecule has 4 atom stereocenters. The summed E-state index contributed by atoms with van der Waals surface area (Å²) in [5.41, 5.74) is 2.86. The van der Waals surface area contributed by atoms with Gasteiger partial charge in [-0.15, -0.1) is 0 Å². The summed E-state index contributed by atoms with van der Waals surface area (Å²) in [6, 6.07) is 10.7. The fourth-order valence-electron chi connectivity index (χ4n) is 4.24. The molecule has 3 rings (SSSR count). The third-order valence-corrected chi connectivity index (χ3v) is 5.30. The number of hydrogen-bond acceptors (Lipinski definition) is 2. The molecule has 1 saturated carbocycles. The molecule has 1 aliphatic heterocycles. The second-order valence-corrected chi connectivity index (χ2v) is 6.65. The van der Waals surface area contributed by atoms with E-state index in [1.165, 1.54) is 49.8 Å². The Bertz CT molecular complexity index is 437. The van der Waals surface area contributed by atoms with E-state index >= 15 is 0 Å². The van der Waals surface area contributed by atoms with E-state index in [9.17, 15) is 0 Å². The molecule has 1 aromatic carbocycles. The predicted molar refractivity (Wildman–Crippen MR) is 84.9 cm³/mol. The van der Waals surface area contributed by atoms with Crippen molar-refractivity contribution in [2.75, 3.05) is 6.54 Å². The molecule has 1 heterocycles. The fraction of sp³-hybridized carbons (Fsp3) is 0.667. The van der Waals surface area contributed by atoms with Crippen molar-refractivity contribution in [3.63, 3.8) is 0 Å². The lowest BCUT2D eigenvalue weighted by Gasteiger charge is -2.30. The van der Waals surface area contributed by atoms with Gasteiger partial charge >= 0.3 is 0 Å². The maximum absolute atomic E-state index is 3.92. The van der Waals surface area contributed by atoms with Crippen LogP contribution >= 0.6 is 0 Å². The SMILES string of the molecule is Cc1ccccc1[C@H](C)NC1CCCC1C1CCCN1. The summed E-state index contributed by atoms with van der Waals surface area (Å²) in [5.74, 6) is 0.837. The fourth-order valence-corrected chi connectivity index (χ4v) is 4.24. The minimum atomic E-state index is 0.461. The quantitative estimate of drug-likeness (QED) is 0.875. The van der Waals surface area contributed by atoms with Crippen LogP contribution in [0.15, 0.2) is 24.3 Å². The van der Waals surface area contributed by atoms with Gasteiger partial charge in [0.1, 0.15) is 0 Å². The lowest BCUT2D eigenvalue weighted by atomic mass is 9.92. The maximum Gasteiger partial charge on any atom is 0.0297 e. The topological polar surface area (TPSA) is 24.1 Å². The van der Waals surface area contributed by atoms with Crippen molar-refractivity contribution in [3.05, 3.63) is 35.4 Å². The standard InChI is InChI=1S/C18H28N2/c1-13-7-3-4-8-15(13)14(2)20-18-10-5-9-16(18)17-11-6-12-19-17/h3-4,7-8,14,16-20H,5-6,9-12H2,1-2H3/t14-,16?,17?,18?/m0/s1. The van der Waals surface area contributed by atoms with Gasteiger partial charge in [-0.05, 0) is 63.1 Å². The monoisotopic (exact) mass is 272 g/mol. The van der Waals surface area contributed by atoms with Gasteiger partial charge in [0.25, 0.3) is 0 Å². The van der Waals surface area contributed by atoms with E-state index in [1.54, 1.807) is 0 Å². The number of aryl methyl sites for hydroxylation is 1. The Hall–Kier alpha value is -0.860. The third-order valence-electron chi connectivity index (χ3n) is 5.30. The first-order valence-electron chi connectivity index (χ1n) is 8.30. The summed E-state index contributed by atoms with van der Waals surface area (Å²) in [6.45, 7) is 5.76. The van der Waals surface area contributed by atoms with Gasteiger partial charge in [-0.1, -0.05) is 30.7 Å². The number of benzene rings is 1. The molecule has 0 radical (unpaired) electrons. The van der Waals surface area contributed by atoms with Crippen molar-refractivity contribution in [2.45, 2.75) is 64.1 Å². The molecule has 2 fully saturated rings. The Kier molecular flexibility index (Phi) is 4.42. The van der Waals surface area contributed by atoms with Crippen LogP contribution in [0.1, 0.15) is 56.2 Å². The van der Waals surface area contributed by atoms with E-state index in [1.807, 2.05) is 0 Å². The molecular weight excluding hydrogens is 244 g/mol. The summed E-state index contributed by atoms with van der Waals surface area (Å²) >= 11 is 0. The van der Waals surface area contributed by atoms with Crippen molar-refractivity contribution >= 4 is 0 Å². The van der Waals surface area contributed by atoms with Crippen LogP contribution in [0.25, 0.3) is 0 Å². The molecule has 2 nitrogen and oxygen atoms in total. The molecule has 1 aromatic rings. The van der Waals surface area contributed by atoms with Gasteiger partial charge in [-0.25, -0.2) is 0 Å². The van der Waals surface area contributed by atoms with Crippen molar-refractivity contribution < 1.29 is 0 Å². The largest absolute Gasteiger partial charge is 0.314 e. The number of hydrogen-bond donors (Lipinski definition) is 2. The zero-order valence-corrected chi connectivity index (χ0v) is 12.9. The average Bonchev–Trinajstić information content (AvgIpc) is 3.09. The van der Waals surface area contributed by atoms with Gasteiger partial charge in [-0.3, -0.25) is 0 Å². The van der Waals surface area contributed by atoms with E-state index in [-0.39, 0.29) is 0 Å². The van der Waals surface area contributed by atoms with Crippen LogP contribution in [0.4, 0.5) is 0 Å². The molecule has 0 spiro atoms. The van der Waals surface area contributed by atoms with Crippen LogP contribution in [-0.2, 0) is 0 Å². The second-order valence-electron chi connectivity index (χ2n) is 6.65. The van der Waals surface area contributed by atoms with Gasteiger partial charge in [0.15, 0.2) is 0 Å². The number of nitrogens with one attached hydrogen (secondary N) is 2. The van der Waals surface area contributed by atoms with Crippen molar-refractivity contribution in [1.82, 2.24) is 10.6 Å². The summed E-state index contributed by atoms with van der Waals surface area (Å²) in [7, 11) is 0. The van der Waals surface area contributed by atoms with Crippen molar-refractivity contribution in [2.24, 2.45) is 5.92 Å². The molecule has 2 heteroatoms. The molecule has 2 aliphatic rings. The van der Waals surface area contributed by atoms with Gasteiger partial charge in [0.05, 0.1) is 0 Å². The van der Waals surface area contributed by atoms with Crippen LogP contribution in [-0.4, -0.2) is 18.6 Å². The van der Waals surface area contributed by atoms with E-state index in [0.717, 1.165) is 12.0 Å². The summed E-state index contributed by atoms with van der Waals surface area (Å²) in [6.07, 6.45) is 6.87. The lowest BCUT2D eigenvalue weighted by Crippen LogP contribution is -2.43. The summed E-state index contributed by atoms with van der Waals surface area (Å²) in [4.78, 5) is 0. The third kappa shape index (κ3) is 2.91. The molecule has 20 heavy (non-hydrogen) atoms. The van der Waals surface area contributed by atoms with E-state index in [2.05, 4.69) is 48.7 Å². The predicted octanol–water partition coefficient (Wildman–Crippen LogP) is 3.57. The second kappa shape index (κ2) is 6.28. The highest BCUT2D eigenvalue weighted by atomic mass is 15.0. The first-order chi connectivity index (χ1) is 9.75. The summed E-state index contributed by atoms with van der Waals surface area (Å²) < 4.78 is 0. The van der Waals surface area contributed by atoms with Gasteiger partial charge < -0.3 is 10.6 Å². The minimum Gasteiger partial charge on any atom is -0.314 e. The highest BCUT2D eigenvalue weighted by molar-refractivity contribution is 5.28. The number of rotatable bonds is 4. The van der Waals surface area contributed by atoms with E-state index in [0.29, 0.717) is 12.1 Å². The summed E-state index contributed by atoms with van der Waals surface area (Å²) in [5, 5.41) is 7.64. The average molecular weight is 272 g/mol. The smallest absolute Gasteiger partial charge is 0.0297 e. The van der Waals surface area contributed by atoms with E-state index in [4.69, 9.17) is 0 Å². The van der Waals surface area contributed by atoms with Gasteiger partial charge in [0, 0.05) is 18.1 Å². The van der Waals surface area contributed by atoms with Crippen LogP contribution in [0.3, 0.4) is 0 Å². The molecule has 1 aliphatic carbocycles. The van der Waals surface area contributed by atoms with Crippen molar-refractivity contribution in [3.8, 4) is 0 Å². The molecule has 0 aromatic heterocycles. The first kappa shape index (κ1) is 14.1. The highest BCUT2D eigenvalue weighted by Gasteiger charge is 2.35. The first-order valence-corrected chi connectivity index (χ1v) is 8.30. The van der Waals surface area contributed by atoms with Gasteiger partial charge in [-0.2, -0.15) is 0 Å². The van der Waals surface area contributed by atoms with Crippen LogP contribution in [0.2, 0.25) is 0 Å². The molecule has 110 valence electrons. The Labute approximate surface area is 123 Å². The molecule has 0 bridgehead atoms. The molecule has 3 unspecified atom stereocenters. The molecule has 2 N–H and O–H groups in total. The highest BCUT2D eigenvalue weighted by Crippen LogP contribution is 2.33. The Morgan fingerprint density at radius 2 is 2.00 bits per heavy atom.